The molecule has 4 heterocycles. The number of carbonyl (C=O) groups is 1. The fourth-order valence-corrected chi connectivity index (χ4v) is 3.99. The van der Waals surface area contributed by atoms with Crippen LogP contribution in [0, 0.1) is 5.82 Å². The average molecular weight is 401 g/mol. The second-order valence-electron chi connectivity index (χ2n) is 7.33. The van der Waals surface area contributed by atoms with Crippen molar-refractivity contribution in [1.29, 1.82) is 0 Å². The Balaban J connectivity index is 1.68. The summed E-state index contributed by atoms with van der Waals surface area (Å²) in [7, 11) is 0. The van der Waals surface area contributed by atoms with Gasteiger partial charge in [0.05, 0.1) is 11.6 Å². The molecule has 0 saturated heterocycles. The Morgan fingerprint density at radius 3 is 2.80 bits per heavy atom. The number of benzene rings is 1. The van der Waals surface area contributed by atoms with Crippen LogP contribution in [-0.2, 0) is 0 Å². The Labute approximate surface area is 172 Å². The summed E-state index contributed by atoms with van der Waals surface area (Å²) in [4.78, 5) is 26.7. The lowest BCUT2D eigenvalue weighted by molar-refractivity contribution is 0.0957. The number of halogens is 1. The van der Waals surface area contributed by atoms with Crippen LogP contribution in [0.4, 0.5) is 10.2 Å². The maximum atomic E-state index is 15.1. The van der Waals surface area contributed by atoms with E-state index in [9.17, 15) is 4.79 Å². The summed E-state index contributed by atoms with van der Waals surface area (Å²) >= 11 is 0. The largest absolute Gasteiger partial charge is 0.350 e. The van der Waals surface area contributed by atoms with E-state index in [4.69, 9.17) is 0 Å². The zero-order chi connectivity index (χ0) is 20.7. The number of anilines is 1. The van der Waals surface area contributed by atoms with Gasteiger partial charge < -0.3 is 15.2 Å². The molecule has 0 bridgehead atoms. The number of aromatic nitrogens is 3. The molecular formula is C23H20FN5O. The third-order valence-electron chi connectivity index (χ3n) is 5.57. The highest BCUT2D eigenvalue weighted by molar-refractivity contribution is 6.01. The highest BCUT2D eigenvalue weighted by atomic mass is 19.1. The van der Waals surface area contributed by atoms with Crippen LogP contribution >= 0.6 is 0 Å². The number of aromatic amines is 1. The van der Waals surface area contributed by atoms with Crippen LogP contribution in [0.15, 0.2) is 60.9 Å². The van der Waals surface area contributed by atoms with Crippen LogP contribution in [0.1, 0.15) is 28.9 Å². The first-order valence-corrected chi connectivity index (χ1v) is 9.86. The Morgan fingerprint density at radius 1 is 1.13 bits per heavy atom. The average Bonchev–Trinajstić information content (AvgIpc) is 3.14. The number of fused-ring (bicyclic) bond motifs is 2. The van der Waals surface area contributed by atoms with Crippen LogP contribution < -0.4 is 10.2 Å². The van der Waals surface area contributed by atoms with Gasteiger partial charge in [-0.1, -0.05) is 30.3 Å². The maximum absolute atomic E-state index is 15.1. The van der Waals surface area contributed by atoms with E-state index in [1.165, 1.54) is 6.07 Å². The lowest BCUT2D eigenvalue weighted by atomic mass is 10.1. The number of nitrogens with one attached hydrogen (secondary N) is 2. The SMILES string of the molecule is C[C@@H](c1ccccc1)N1CCNC(=O)c2cc(F)c(-c3c[nH]c4ncccc34)nc21. The fourth-order valence-electron chi connectivity index (χ4n) is 3.99. The number of nitrogens with zero attached hydrogens (tertiary/aromatic N) is 3. The number of hydrogen-bond acceptors (Lipinski definition) is 4. The summed E-state index contributed by atoms with van der Waals surface area (Å²) in [5.74, 6) is -0.370. The summed E-state index contributed by atoms with van der Waals surface area (Å²) < 4.78 is 15.1. The topological polar surface area (TPSA) is 73.9 Å². The van der Waals surface area contributed by atoms with Crippen molar-refractivity contribution in [2.24, 2.45) is 0 Å². The van der Waals surface area contributed by atoms with Gasteiger partial charge in [0.2, 0.25) is 0 Å². The minimum absolute atomic E-state index is 0.0342. The zero-order valence-corrected chi connectivity index (χ0v) is 16.4. The minimum Gasteiger partial charge on any atom is -0.350 e. The summed E-state index contributed by atoms with van der Waals surface area (Å²) in [5.41, 5.74) is 2.83. The molecule has 0 fully saturated rings. The molecule has 3 aromatic heterocycles. The molecule has 1 amide bonds. The highest BCUT2D eigenvalue weighted by Gasteiger charge is 2.29. The zero-order valence-electron chi connectivity index (χ0n) is 16.4. The lowest BCUT2D eigenvalue weighted by Gasteiger charge is -2.30. The van der Waals surface area contributed by atoms with E-state index in [-0.39, 0.29) is 23.2 Å². The van der Waals surface area contributed by atoms with Crippen molar-refractivity contribution < 1.29 is 9.18 Å². The predicted molar refractivity (Wildman–Crippen MR) is 114 cm³/mol. The van der Waals surface area contributed by atoms with Crippen molar-refractivity contribution in [3.8, 4) is 11.3 Å². The summed E-state index contributed by atoms with van der Waals surface area (Å²) in [6.07, 6.45) is 3.38. The van der Waals surface area contributed by atoms with Crippen molar-refractivity contribution >= 4 is 22.8 Å². The van der Waals surface area contributed by atoms with Gasteiger partial charge in [-0.25, -0.2) is 14.4 Å². The molecule has 1 atom stereocenters. The molecule has 150 valence electrons. The molecule has 1 aliphatic rings. The summed E-state index contributed by atoms with van der Waals surface area (Å²) in [6.45, 7) is 3.10. The number of carbonyl (C=O) groups excluding carboxylic acids is 1. The second kappa shape index (κ2) is 7.26. The van der Waals surface area contributed by atoms with Crippen molar-refractivity contribution in [2.75, 3.05) is 18.0 Å². The molecule has 0 saturated carbocycles. The van der Waals surface area contributed by atoms with E-state index >= 15 is 4.39 Å². The number of amides is 1. The van der Waals surface area contributed by atoms with Crippen molar-refractivity contribution in [3.05, 3.63) is 77.9 Å². The van der Waals surface area contributed by atoms with Crippen molar-refractivity contribution in [1.82, 2.24) is 20.3 Å². The minimum atomic E-state index is -0.539. The van der Waals surface area contributed by atoms with Gasteiger partial charge in [0.1, 0.15) is 17.2 Å². The molecule has 2 N–H and O–H groups in total. The van der Waals surface area contributed by atoms with Crippen molar-refractivity contribution in [3.63, 3.8) is 0 Å². The molecule has 30 heavy (non-hydrogen) atoms. The van der Waals surface area contributed by atoms with E-state index < -0.39 is 5.82 Å². The lowest BCUT2D eigenvalue weighted by Crippen LogP contribution is -2.32. The van der Waals surface area contributed by atoms with E-state index in [1.54, 1.807) is 18.5 Å². The van der Waals surface area contributed by atoms with Gasteiger partial charge in [0, 0.05) is 36.4 Å². The molecule has 6 nitrogen and oxygen atoms in total. The molecule has 1 aliphatic heterocycles. The van der Waals surface area contributed by atoms with Crippen LogP contribution in [0.25, 0.3) is 22.3 Å². The predicted octanol–water partition coefficient (Wildman–Crippen LogP) is 4.08. The molecule has 5 rings (SSSR count). The Kier molecular flexibility index (Phi) is 4.43. The molecule has 4 aromatic rings. The number of hydrogen-bond donors (Lipinski definition) is 2. The van der Waals surface area contributed by atoms with Crippen LogP contribution in [0.5, 0.6) is 0 Å². The van der Waals surface area contributed by atoms with Gasteiger partial charge >= 0.3 is 0 Å². The highest BCUT2D eigenvalue weighted by Crippen LogP contribution is 2.35. The van der Waals surface area contributed by atoms with E-state index in [1.807, 2.05) is 36.4 Å². The molecule has 1 aromatic carbocycles. The smallest absolute Gasteiger partial charge is 0.255 e. The third-order valence-corrected chi connectivity index (χ3v) is 5.57. The number of H-pyrrole nitrogens is 1. The summed E-state index contributed by atoms with van der Waals surface area (Å²) in [5, 5.41) is 3.63. The molecule has 0 aliphatic carbocycles. The monoisotopic (exact) mass is 401 g/mol. The quantitative estimate of drug-likeness (QED) is 0.543. The van der Waals surface area contributed by atoms with Gasteiger partial charge in [0.15, 0.2) is 5.82 Å². The first-order chi connectivity index (χ1) is 14.6. The first-order valence-electron chi connectivity index (χ1n) is 9.86. The molecule has 0 radical (unpaired) electrons. The normalized spacial score (nSPS) is 14.9. The number of pyridine rings is 2. The second-order valence-corrected chi connectivity index (χ2v) is 7.33. The maximum Gasteiger partial charge on any atom is 0.255 e. The molecule has 0 spiro atoms. The molecule has 7 heteroatoms. The fraction of sp³-hybridized carbons (Fsp3) is 0.174. The standard InChI is InChI=1S/C23H20FN5O/c1-14(15-6-3-2-4-7-15)29-11-10-26-23(30)17-12-19(24)20(28-22(17)29)18-13-27-21-16(18)8-5-9-25-21/h2-9,12-14H,10-11H2,1H3,(H,25,27)(H,26,30)/t14-/m0/s1. The first kappa shape index (κ1) is 18.3. The van der Waals surface area contributed by atoms with Gasteiger partial charge in [-0.15, -0.1) is 0 Å². The molecule has 0 unspecified atom stereocenters. The third kappa shape index (κ3) is 2.99. The van der Waals surface area contributed by atoms with Crippen LogP contribution in [-0.4, -0.2) is 33.9 Å². The summed E-state index contributed by atoms with van der Waals surface area (Å²) in [6, 6.07) is 14.9. The van der Waals surface area contributed by atoms with Crippen LogP contribution in [0.3, 0.4) is 0 Å². The van der Waals surface area contributed by atoms with E-state index in [2.05, 4.69) is 32.1 Å². The van der Waals surface area contributed by atoms with Crippen LogP contribution in [0.2, 0.25) is 0 Å². The van der Waals surface area contributed by atoms with Gasteiger partial charge in [-0.3, -0.25) is 4.79 Å². The van der Waals surface area contributed by atoms with Crippen molar-refractivity contribution in [2.45, 2.75) is 13.0 Å². The van der Waals surface area contributed by atoms with Gasteiger partial charge in [-0.05, 0) is 30.7 Å². The van der Waals surface area contributed by atoms with Gasteiger partial charge in [-0.2, -0.15) is 0 Å². The number of rotatable bonds is 3. The Bertz CT molecular complexity index is 1240. The Hall–Kier alpha value is -3.74. The Morgan fingerprint density at radius 2 is 1.97 bits per heavy atom. The molecular weight excluding hydrogens is 381 g/mol. The van der Waals surface area contributed by atoms with E-state index in [0.717, 1.165) is 10.9 Å². The van der Waals surface area contributed by atoms with Gasteiger partial charge in [0.25, 0.3) is 5.91 Å². The van der Waals surface area contributed by atoms with E-state index in [0.29, 0.717) is 30.1 Å².